The summed E-state index contributed by atoms with van der Waals surface area (Å²) in [6, 6.07) is 0.970. The Morgan fingerprint density at radius 3 is 2.12 bits per heavy atom. The Morgan fingerprint density at radius 1 is 1.04 bits per heavy atom. The van der Waals surface area contributed by atoms with Gasteiger partial charge in [-0.15, -0.1) is 0 Å². The molecule has 1 aliphatic heterocycles. The van der Waals surface area contributed by atoms with E-state index in [4.69, 9.17) is 21.8 Å². The molecule has 25 heavy (non-hydrogen) atoms. The van der Waals surface area contributed by atoms with Crippen molar-refractivity contribution in [3.63, 3.8) is 0 Å². The van der Waals surface area contributed by atoms with E-state index in [9.17, 15) is 0 Å². The molecule has 0 aromatic rings. The van der Waals surface area contributed by atoms with Gasteiger partial charge in [0, 0.05) is 12.0 Å². The van der Waals surface area contributed by atoms with E-state index in [0.717, 1.165) is 45.3 Å². The third-order valence-corrected chi connectivity index (χ3v) is 17.4. The molecule has 1 unspecified atom stereocenters. The summed E-state index contributed by atoms with van der Waals surface area (Å²) in [7, 11) is -6.44. The first-order chi connectivity index (χ1) is 11.4. The average Bonchev–Trinajstić information content (AvgIpc) is 2.37. The summed E-state index contributed by atoms with van der Waals surface area (Å²) in [6.45, 7) is 20.9. The minimum Gasteiger partial charge on any atom is -0.442 e. The fourth-order valence-electron chi connectivity index (χ4n) is 3.23. The van der Waals surface area contributed by atoms with Gasteiger partial charge in [0.2, 0.25) is 0 Å². The molecule has 0 aromatic heterocycles. The summed E-state index contributed by atoms with van der Waals surface area (Å²) in [5, 5.41) is 0. The van der Waals surface area contributed by atoms with Crippen LogP contribution < -0.4 is 0 Å². The molecule has 0 saturated carbocycles. The third kappa shape index (κ3) is 8.93. The highest BCUT2D eigenvalue weighted by Crippen LogP contribution is 2.31. The Kier molecular flexibility index (Phi) is 9.23. The van der Waals surface area contributed by atoms with Crippen molar-refractivity contribution in [3.05, 3.63) is 0 Å². The Hall–Kier alpha value is 0.668. The highest BCUT2D eigenvalue weighted by atomic mass is 28.5. The molecule has 0 radical (unpaired) electrons. The van der Waals surface area contributed by atoms with Gasteiger partial charge >= 0.3 is 17.1 Å². The standard InChI is InChI=1S/C16H40O5Si4/c1-9-16(14-18-15-16)13-17-11-10-12-25(8,20-23(3,4)5)21-24(6,7)19-22-2/h9-15,22H2,1-8H3. The van der Waals surface area contributed by atoms with Crippen LogP contribution in [0.4, 0.5) is 0 Å². The molecule has 1 heterocycles. The van der Waals surface area contributed by atoms with Gasteiger partial charge in [0.15, 0.2) is 8.32 Å². The van der Waals surface area contributed by atoms with E-state index in [1.54, 1.807) is 0 Å². The molecule has 0 aliphatic carbocycles. The largest absolute Gasteiger partial charge is 0.442 e. The number of hydrogen-bond donors (Lipinski definition) is 0. The molecule has 1 aliphatic rings. The van der Waals surface area contributed by atoms with E-state index in [1.807, 2.05) is 0 Å². The molecular formula is C16H40O5Si4. The number of ether oxygens (including phenoxy) is 2. The molecule has 0 bridgehead atoms. The Bertz CT molecular complexity index is 393. The molecule has 5 nitrogen and oxygen atoms in total. The van der Waals surface area contributed by atoms with Crippen LogP contribution in [0.2, 0.25) is 51.9 Å². The summed E-state index contributed by atoms with van der Waals surface area (Å²) in [5.74, 6) is 0. The lowest BCUT2D eigenvalue weighted by atomic mass is 9.84. The monoisotopic (exact) mass is 424 g/mol. The van der Waals surface area contributed by atoms with Gasteiger partial charge in [0.25, 0.3) is 0 Å². The molecule has 0 amide bonds. The SMILES string of the molecule is CCC1(COCCC[Si](C)(O[Si](C)(C)C)O[Si](C)(C)O[SiH2]C)COC1. The minimum atomic E-state index is -2.24. The lowest BCUT2D eigenvalue weighted by molar-refractivity contribution is -0.150. The second kappa shape index (κ2) is 9.74. The van der Waals surface area contributed by atoms with Crippen LogP contribution in [0.5, 0.6) is 0 Å². The van der Waals surface area contributed by atoms with Gasteiger partial charge in [-0.1, -0.05) is 13.5 Å². The topological polar surface area (TPSA) is 46.2 Å². The van der Waals surface area contributed by atoms with Gasteiger partial charge in [0.1, 0.15) is 9.76 Å². The number of hydrogen-bond acceptors (Lipinski definition) is 5. The lowest BCUT2D eigenvalue weighted by Gasteiger charge is -2.41. The highest BCUT2D eigenvalue weighted by Gasteiger charge is 2.42. The van der Waals surface area contributed by atoms with Crippen molar-refractivity contribution in [3.8, 4) is 0 Å². The first kappa shape index (κ1) is 23.7. The quantitative estimate of drug-likeness (QED) is 0.334. The van der Waals surface area contributed by atoms with Crippen molar-refractivity contribution in [1.82, 2.24) is 0 Å². The van der Waals surface area contributed by atoms with E-state index >= 15 is 0 Å². The van der Waals surface area contributed by atoms with Crippen LogP contribution in [0.25, 0.3) is 0 Å². The summed E-state index contributed by atoms with van der Waals surface area (Å²) >= 11 is 0. The Balaban J connectivity index is 2.49. The van der Waals surface area contributed by atoms with Gasteiger partial charge in [-0.25, -0.2) is 0 Å². The van der Waals surface area contributed by atoms with E-state index in [2.05, 4.69) is 52.8 Å². The Labute approximate surface area is 160 Å². The summed E-state index contributed by atoms with van der Waals surface area (Å²) in [5.41, 5.74) is 0.264. The summed E-state index contributed by atoms with van der Waals surface area (Å²) in [6.07, 6.45) is 2.11. The zero-order valence-electron chi connectivity index (χ0n) is 17.7. The van der Waals surface area contributed by atoms with Gasteiger partial charge in [0.05, 0.1) is 19.8 Å². The van der Waals surface area contributed by atoms with Crippen molar-refractivity contribution in [2.24, 2.45) is 5.41 Å². The van der Waals surface area contributed by atoms with Crippen LogP contribution in [0.3, 0.4) is 0 Å². The maximum atomic E-state index is 6.57. The van der Waals surface area contributed by atoms with Crippen LogP contribution in [0.15, 0.2) is 0 Å². The fraction of sp³-hybridized carbons (Fsp3) is 1.00. The van der Waals surface area contributed by atoms with E-state index in [-0.39, 0.29) is 5.41 Å². The predicted molar refractivity (Wildman–Crippen MR) is 114 cm³/mol. The zero-order valence-corrected chi connectivity index (χ0v) is 22.1. The fourth-order valence-corrected chi connectivity index (χ4v) is 18.3. The van der Waals surface area contributed by atoms with Crippen molar-refractivity contribution in [2.75, 3.05) is 26.4 Å². The van der Waals surface area contributed by atoms with Crippen LogP contribution in [0, 0.1) is 5.41 Å². The first-order valence-corrected chi connectivity index (χ1v) is 20.4. The van der Waals surface area contributed by atoms with E-state index in [0.29, 0.717) is 0 Å². The van der Waals surface area contributed by atoms with Crippen molar-refractivity contribution in [2.45, 2.75) is 71.6 Å². The van der Waals surface area contributed by atoms with Crippen molar-refractivity contribution >= 4 is 35.2 Å². The lowest BCUT2D eigenvalue weighted by Crippen LogP contribution is -2.54. The highest BCUT2D eigenvalue weighted by molar-refractivity contribution is 6.87. The molecule has 1 rings (SSSR count). The average molecular weight is 425 g/mol. The van der Waals surface area contributed by atoms with Gasteiger partial charge < -0.3 is 21.8 Å². The van der Waals surface area contributed by atoms with Crippen LogP contribution >= 0.6 is 0 Å². The molecule has 0 aromatic carbocycles. The molecule has 0 spiro atoms. The maximum Gasteiger partial charge on any atom is 0.315 e. The van der Waals surface area contributed by atoms with Gasteiger partial charge in [-0.05, 0) is 58.2 Å². The molecule has 9 heteroatoms. The van der Waals surface area contributed by atoms with Gasteiger partial charge in [-0.2, -0.15) is 0 Å². The molecule has 1 saturated heterocycles. The molecule has 150 valence electrons. The second-order valence-electron chi connectivity index (χ2n) is 8.79. The van der Waals surface area contributed by atoms with E-state index < -0.39 is 35.2 Å². The van der Waals surface area contributed by atoms with Crippen LogP contribution in [-0.2, 0) is 21.8 Å². The van der Waals surface area contributed by atoms with Gasteiger partial charge in [-0.3, -0.25) is 0 Å². The molecule has 1 atom stereocenters. The second-order valence-corrected chi connectivity index (χ2v) is 21.9. The summed E-state index contributed by atoms with van der Waals surface area (Å²) in [4.78, 5) is 0. The van der Waals surface area contributed by atoms with Crippen LogP contribution in [0.1, 0.15) is 19.8 Å². The van der Waals surface area contributed by atoms with Crippen LogP contribution in [-0.4, -0.2) is 61.6 Å². The Morgan fingerprint density at radius 2 is 1.68 bits per heavy atom. The third-order valence-electron chi connectivity index (χ3n) is 4.37. The molecule has 1 fully saturated rings. The van der Waals surface area contributed by atoms with E-state index in [1.165, 1.54) is 0 Å². The first-order valence-electron chi connectivity index (χ1n) is 9.65. The summed E-state index contributed by atoms with van der Waals surface area (Å²) < 4.78 is 30.5. The number of rotatable bonds is 13. The predicted octanol–water partition coefficient (Wildman–Crippen LogP) is 3.61. The van der Waals surface area contributed by atoms with Crippen molar-refractivity contribution in [1.29, 1.82) is 0 Å². The zero-order chi connectivity index (χ0) is 19.2. The smallest absolute Gasteiger partial charge is 0.315 e. The molecule has 0 N–H and O–H groups in total. The normalized spacial score (nSPS) is 20.6. The minimum absolute atomic E-state index is 0.264. The maximum absolute atomic E-state index is 6.57. The van der Waals surface area contributed by atoms with Crippen molar-refractivity contribution < 1.29 is 21.8 Å². The molecular weight excluding hydrogens is 385 g/mol.